The summed E-state index contributed by atoms with van der Waals surface area (Å²) in [6, 6.07) is 10.7. The average Bonchev–Trinajstić information content (AvgIpc) is 3.17. The Balaban J connectivity index is 1.73. The molecule has 3 rings (SSSR count). The third kappa shape index (κ3) is 3.31. The van der Waals surface area contributed by atoms with Gasteiger partial charge in [-0.05, 0) is 32.4 Å². The molecule has 1 aromatic heterocycles. The molecule has 5 heteroatoms. The van der Waals surface area contributed by atoms with E-state index in [0.29, 0.717) is 30.4 Å². The first-order chi connectivity index (χ1) is 10.2. The summed E-state index contributed by atoms with van der Waals surface area (Å²) in [7, 11) is 0. The van der Waals surface area contributed by atoms with E-state index in [4.69, 9.17) is 9.15 Å². The van der Waals surface area contributed by atoms with Crippen LogP contribution < -0.4 is 0 Å². The van der Waals surface area contributed by atoms with Crippen molar-refractivity contribution >= 4 is 0 Å². The molecular weight excluding hydrogens is 266 g/mol. The third-order valence-electron chi connectivity index (χ3n) is 3.84. The highest BCUT2D eigenvalue weighted by molar-refractivity contribution is 5.51. The van der Waals surface area contributed by atoms with Crippen LogP contribution in [0.15, 0.2) is 34.7 Å². The molecule has 0 N–H and O–H groups in total. The predicted octanol–water partition coefficient (Wildman–Crippen LogP) is 2.74. The summed E-state index contributed by atoms with van der Waals surface area (Å²) in [5, 5.41) is 8.34. The van der Waals surface area contributed by atoms with Crippen molar-refractivity contribution in [1.29, 1.82) is 0 Å². The van der Waals surface area contributed by atoms with Crippen molar-refractivity contribution in [3.05, 3.63) is 36.2 Å². The molecule has 2 heterocycles. The Labute approximate surface area is 124 Å². The van der Waals surface area contributed by atoms with Gasteiger partial charge >= 0.3 is 0 Å². The number of rotatable bonds is 5. The van der Waals surface area contributed by atoms with Gasteiger partial charge in [0, 0.05) is 24.3 Å². The molecule has 5 nitrogen and oxygen atoms in total. The van der Waals surface area contributed by atoms with Crippen molar-refractivity contribution in [2.75, 3.05) is 13.2 Å². The first-order valence-corrected chi connectivity index (χ1v) is 7.45. The zero-order valence-electron chi connectivity index (χ0n) is 12.5. The van der Waals surface area contributed by atoms with Gasteiger partial charge in [-0.15, -0.1) is 10.2 Å². The average molecular weight is 287 g/mol. The van der Waals surface area contributed by atoms with E-state index in [2.05, 4.69) is 28.9 Å². The fraction of sp³-hybridized carbons (Fsp3) is 0.500. The molecule has 0 saturated carbocycles. The maximum absolute atomic E-state index is 5.81. The Morgan fingerprint density at radius 1 is 1.24 bits per heavy atom. The number of hydrogen-bond acceptors (Lipinski definition) is 5. The van der Waals surface area contributed by atoms with Crippen LogP contribution in [0.25, 0.3) is 11.5 Å². The number of hydrogen-bond donors (Lipinski definition) is 0. The summed E-state index contributed by atoms with van der Waals surface area (Å²) in [4.78, 5) is 2.37. The van der Waals surface area contributed by atoms with Crippen LogP contribution >= 0.6 is 0 Å². The third-order valence-corrected chi connectivity index (χ3v) is 3.84. The van der Waals surface area contributed by atoms with Crippen molar-refractivity contribution in [2.24, 2.45) is 0 Å². The van der Waals surface area contributed by atoms with Crippen LogP contribution in [0.2, 0.25) is 0 Å². The van der Waals surface area contributed by atoms with E-state index >= 15 is 0 Å². The molecule has 1 fully saturated rings. The first-order valence-electron chi connectivity index (χ1n) is 7.45. The van der Waals surface area contributed by atoms with E-state index in [9.17, 15) is 0 Å². The molecule has 1 atom stereocenters. The van der Waals surface area contributed by atoms with E-state index in [1.54, 1.807) is 0 Å². The number of aromatic nitrogens is 2. The van der Waals surface area contributed by atoms with Crippen molar-refractivity contribution in [2.45, 2.75) is 38.9 Å². The van der Waals surface area contributed by atoms with Gasteiger partial charge in [0.05, 0.1) is 13.2 Å². The van der Waals surface area contributed by atoms with Gasteiger partial charge in [-0.3, -0.25) is 4.90 Å². The normalized spacial score (nSPS) is 18.8. The highest BCUT2D eigenvalue weighted by atomic mass is 16.5. The van der Waals surface area contributed by atoms with Gasteiger partial charge in [-0.1, -0.05) is 18.2 Å². The van der Waals surface area contributed by atoms with Crippen LogP contribution in [0.3, 0.4) is 0 Å². The molecule has 2 aromatic rings. The van der Waals surface area contributed by atoms with Crippen LogP contribution in [-0.2, 0) is 11.3 Å². The number of nitrogens with zero attached hydrogens (tertiary/aromatic N) is 3. The van der Waals surface area contributed by atoms with Gasteiger partial charge in [-0.2, -0.15) is 0 Å². The fourth-order valence-corrected chi connectivity index (χ4v) is 2.69. The van der Waals surface area contributed by atoms with Gasteiger partial charge < -0.3 is 9.15 Å². The smallest absolute Gasteiger partial charge is 0.247 e. The quantitative estimate of drug-likeness (QED) is 0.846. The Bertz CT molecular complexity index is 562. The maximum Gasteiger partial charge on any atom is 0.247 e. The molecule has 112 valence electrons. The lowest BCUT2D eigenvalue weighted by atomic mass is 10.2. The molecule has 1 aliphatic rings. The standard InChI is InChI=1S/C16H21N3O2/c1-12(2)19(14-8-9-20-11-14)10-15-17-18-16(21-15)13-6-4-3-5-7-13/h3-7,12,14H,8-11H2,1-2H3. The highest BCUT2D eigenvalue weighted by Crippen LogP contribution is 2.21. The Morgan fingerprint density at radius 3 is 2.71 bits per heavy atom. The van der Waals surface area contributed by atoms with E-state index in [-0.39, 0.29) is 0 Å². The summed E-state index contributed by atoms with van der Waals surface area (Å²) in [6.45, 7) is 6.68. The lowest BCUT2D eigenvalue weighted by molar-refractivity contribution is 0.106. The fourth-order valence-electron chi connectivity index (χ4n) is 2.69. The van der Waals surface area contributed by atoms with E-state index < -0.39 is 0 Å². The van der Waals surface area contributed by atoms with Gasteiger partial charge in [-0.25, -0.2) is 0 Å². The molecule has 21 heavy (non-hydrogen) atoms. The van der Waals surface area contributed by atoms with Crippen LogP contribution in [0.4, 0.5) is 0 Å². The summed E-state index contributed by atoms with van der Waals surface area (Å²) < 4.78 is 11.3. The highest BCUT2D eigenvalue weighted by Gasteiger charge is 2.27. The van der Waals surface area contributed by atoms with Gasteiger partial charge in [0.1, 0.15) is 0 Å². The molecule has 0 spiro atoms. The SMILES string of the molecule is CC(C)N(Cc1nnc(-c2ccccc2)o1)C1CCOC1. The number of ether oxygens (including phenoxy) is 1. The summed E-state index contributed by atoms with van der Waals surface area (Å²) in [5.74, 6) is 1.24. The summed E-state index contributed by atoms with van der Waals surface area (Å²) in [5.41, 5.74) is 0.955. The topological polar surface area (TPSA) is 51.4 Å². The van der Waals surface area contributed by atoms with Crippen LogP contribution in [0, 0.1) is 0 Å². The lowest BCUT2D eigenvalue weighted by Gasteiger charge is -2.30. The van der Waals surface area contributed by atoms with Crippen molar-refractivity contribution in [3.63, 3.8) is 0 Å². The second-order valence-electron chi connectivity index (χ2n) is 5.65. The Kier molecular flexibility index (Phi) is 4.31. The second kappa shape index (κ2) is 6.37. The van der Waals surface area contributed by atoms with Crippen molar-refractivity contribution < 1.29 is 9.15 Å². The van der Waals surface area contributed by atoms with Gasteiger partial charge in [0.15, 0.2) is 0 Å². The predicted molar refractivity (Wildman–Crippen MR) is 79.6 cm³/mol. The zero-order valence-corrected chi connectivity index (χ0v) is 12.5. The number of benzene rings is 1. The monoisotopic (exact) mass is 287 g/mol. The molecule has 0 amide bonds. The van der Waals surface area contributed by atoms with Gasteiger partial charge in [0.2, 0.25) is 11.8 Å². The van der Waals surface area contributed by atoms with Crippen LogP contribution in [0.1, 0.15) is 26.2 Å². The molecular formula is C16H21N3O2. The van der Waals surface area contributed by atoms with E-state index in [1.165, 1.54) is 0 Å². The Morgan fingerprint density at radius 2 is 2.05 bits per heavy atom. The minimum absolute atomic E-state index is 0.420. The first kappa shape index (κ1) is 14.2. The molecule has 1 aromatic carbocycles. The molecule has 1 aliphatic heterocycles. The second-order valence-corrected chi connectivity index (χ2v) is 5.65. The largest absolute Gasteiger partial charge is 0.419 e. The van der Waals surface area contributed by atoms with Crippen molar-refractivity contribution in [1.82, 2.24) is 15.1 Å². The van der Waals surface area contributed by atoms with E-state index in [1.807, 2.05) is 30.3 Å². The minimum atomic E-state index is 0.420. The maximum atomic E-state index is 5.81. The Hall–Kier alpha value is -1.72. The zero-order chi connectivity index (χ0) is 14.7. The minimum Gasteiger partial charge on any atom is -0.419 e. The van der Waals surface area contributed by atoms with Crippen LogP contribution in [-0.4, -0.2) is 40.4 Å². The summed E-state index contributed by atoms with van der Waals surface area (Å²) in [6.07, 6.45) is 1.07. The lowest BCUT2D eigenvalue weighted by Crippen LogP contribution is -2.40. The molecule has 0 radical (unpaired) electrons. The van der Waals surface area contributed by atoms with E-state index in [0.717, 1.165) is 25.2 Å². The molecule has 1 saturated heterocycles. The molecule has 1 unspecified atom stereocenters. The molecule has 0 bridgehead atoms. The van der Waals surface area contributed by atoms with Gasteiger partial charge in [0.25, 0.3) is 0 Å². The summed E-state index contributed by atoms with van der Waals surface area (Å²) >= 11 is 0. The van der Waals surface area contributed by atoms with Crippen molar-refractivity contribution in [3.8, 4) is 11.5 Å². The van der Waals surface area contributed by atoms with Crippen LogP contribution in [0.5, 0.6) is 0 Å². The molecule has 0 aliphatic carbocycles.